The summed E-state index contributed by atoms with van der Waals surface area (Å²) in [4.78, 5) is 0. The van der Waals surface area contributed by atoms with Crippen LogP contribution in [0.3, 0.4) is 0 Å². The van der Waals surface area contributed by atoms with Crippen LogP contribution in [0.5, 0.6) is 11.5 Å². The van der Waals surface area contributed by atoms with Crippen molar-refractivity contribution in [3.63, 3.8) is 0 Å². The van der Waals surface area contributed by atoms with Gasteiger partial charge in [-0.1, -0.05) is 19.9 Å². The molecular formula is C33H60O16S2. The zero-order valence-corrected chi connectivity index (χ0v) is 32.0. The molecule has 2 atom stereocenters. The van der Waals surface area contributed by atoms with E-state index in [0.717, 1.165) is 5.56 Å². The predicted molar refractivity (Wildman–Crippen MR) is 189 cm³/mol. The summed E-state index contributed by atoms with van der Waals surface area (Å²) in [5, 5.41) is -1.61. The average Bonchev–Trinajstić information content (AvgIpc) is 3.07. The molecule has 0 aliphatic carbocycles. The Labute approximate surface area is 304 Å². The molecule has 0 aliphatic heterocycles. The molecule has 300 valence electrons. The predicted octanol–water partition coefficient (Wildman–Crippen LogP) is 3.00. The van der Waals surface area contributed by atoms with E-state index in [-0.39, 0.29) is 26.1 Å². The fourth-order valence-corrected chi connectivity index (χ4v) is 5.98. The first-order chi connectivity index (χ1) is 24.5. The van der Waals surface area contributed by atoms with Crippen LogP contribution in [-0.4, -0.2) is 155 Å². The Morgan fingerprint density at radius 1 is 0.471 bits per heavy atom. The third-order valence-corrected chi connectivity index (χ3v) is 10.0. The molecule has 1 aromatic carbocycles. The van der Waals surface area contributed by atoms with Crippen LogP contribution < -0.4 is 9.47 Å². The summed E-state index contributed by atoms with van der Waals surface area (Å²) in [6.45, 7) is 11.9. The molecule has 51 heavy (non-hydrogen) atoms. The van der Waals surface area contributed by atoms with Gasteiger partial charge in [-0.25, -0.2) is 0 Å². The lowest BCUT2D eigenvalue weighted by Gasteiger charge is -2.14. The van der Waals surface area contributed by atoms with Crippen LogP contribution >= 0.6 is 0 Å². The largest absolute Gasteiger partial charge is 0.487 e. The molecule has 1 aromatic rings. The van der Waals surface area contributed by atoms with E-state index in [2.05, 4.69) is 0 Å². The first-order valence-electron chi connectivity index (χ1n) is 17.4. The van der Waals surface area contributed by atoms with Gasteiger partial charge in [-0.2, -0.15) is 16.8 Å². The number of hydrogen-bond acceptors (Lipinski definition) is 14. The monoisotopic (exact) mass is 776 g/mol. The maximum atomic E-state index is 11.2. The number of benzene rings is 1. The molecule has 0 aliphatic rings. The molecule has 1 rings (SSSR count). The highest BCUT2D eigenvalue weighted by molar-refractivity contribution is 7.86. The number of aryl methyl sites for hydroxylation is 1. The Hall–Kier alpha value is -1.68. The third-order valence-electron chi connectivity index (χ3n) is 7.22. The van der Waals surface area contributed by atoms with Crippen molar-refractivity contribution in [1.29, 1.82) is 0 Å². The first-order valence-corrected chi connectivity index (χ1v) is 20.4. The second-order valence-electron chi connectivity index (χ2n) is 11.2. The van der Waals surface area contributed by atoms with Crippen LogP contribution in [0.15, 0.2) is 18.2 Å². The molecule has 0 heterocycles. The lowest BCUT2D eigenvalue weighted by Crippen LogP contribution is -2.22. The Morgan fingerprint density at radius 3 is 1.08 bits per heavy atom. The number of rotatable bonds is 36. The maximum absolute atomic E-state index is 11.2. The smallest absolute Gasteiger partial charge is 0.267 e. The van der Waals surface area contributed by atoms with Gasteiger partial charge in [0.25, 0.3) is 20.2 Å². The summed E-state index contributed by atoms with van der Waals surface area (Å²) in [6, 6.07) is 5.70. The van der Waals surface area contributed by atoms with E-state index >= 15 is 0 Å². The van der Waals surface area contributed by atoms with Crippen molar-refractivity contribution in [1.82, 2.24) is 0 Å². The Bertz CT molecular complexity index is 1200. The molecule has 16 nitrogen and oxygen atoms in total. The molecule has 0 radical (unpaired) electrons. The minimum atomic E-state index is -4.03. The lowest BCUT2D eigenvalue weighted by molar-refractivity contribution is -0.00565. The van der Waals surface area contributed by atoms with E-state index in [4.69, 9.17) is 56.5 Å². The van der Waals surface area contributed by atoms with Crippen LogP contribution in [0.4, 0.5) is 0 Å². The maximum Gasteiger partial charge on any atom is 0.267 e. The normalized spacial score (nSPS) is 13.4. The van der Waals surface area contributed by atoms with E-state index in [9.17, 15) is 16.8 Å². The Balaban J connectivity index is 1.98. The highest BCUT2D eigenvalue weighted by atomic mass is 32.2. The van der Waals surface area contributed by atoms with Crippen LogP contribution in [-0.2, 0) is 58.1 Å². The molecule has 0 saturated carbocycles. The molecule has 0 bridgehead atoms. The fourth-order valence-electron chi connectivity index (χ4n) is 4.35. The molecule has 0 aromatic heterocycles. The summed E-state index contributed by atoms with van der Waals surface area (Å²) >= 11 is 0. The second-order valence-corrected chi connectivity index (χ2v) is 14.6. The lowest BCUT2D eigenvalue weighted by atomic mass is 10.2. The van der Waals surface area contributed by atoms with Crippen molar-refractivity contribution in [3.8, 4) is 11.5 Å². The standard InChI is InChI=1S/C33H60O16S2/c1-4-30(50(34,35)36)8-10-40-12-14-42-16-18-44-20-22-46-24-26-48-32-7-6-29(3)28-33(32)49-27-25-47-23-21-45-19-17-43-15-13-41-11-9-31(5-2)51(37,38)39/h6-7,28,30-31H,4-5,8-27H2,1-3H3,(H,34,35,36)(H,37,38,39). The van der Waals surface area contributed by atoms with E-state index in [1.165, 1.54) is 0 Å². The molecular weight excluding hydrogens is 716 g/mol. The van der Waals surface area contributed by atoms with Crippen molar-refractivity contribution in [2.24, 2.45) is 0 Å². The molecule has 2 N–H and O–H groups in total. The van der Waals surface area contributed by atoms with Crippen molar-refractivity contribution in [3.05, 3.63) is 23.8 Å². The van der Waals surface area contributed by atoms with Gasteiger partial charge in [0.05, 0.1) is 103 Å². The van der Waals surface area contributed by atoms with Crippen molar-refractivity contribution < 1.29 is 73.3 Å². The summed E-state index contributed by atoms with van der Waals surface area (Å²) in [7, 11) is -8.07. The van der Waals surface area contributed by atoms with Crippen molar-refractivity contribution >= 4 is 20.2 Å². The zero-order chi connectivity index (χ0) is 37.6. The highest BCUT2D eigenvalue weighted by Gasteiger charge is 2.21. The van der Waals surface area contributed by atoms with E-state index in [0.29, 0.717) is 130 Å². The fraction of sp³-hybridized carbons (Fsp3) is 0.818. The van der Waals surface area contributed by atoms with Crippen molar-refractivity contribution in [2.45, 2.75) is 57.0 Å². The van der Waals surface area contributed by atoms with E-state index in [1.807, 2.05) is 25.1 Å². The van der Waals surface area contributed by atoms with Gasteiger partial charge in [0.2, 0.25) is 0 Å². The SMILES string of the molecule is CCC(CCOCCOCCOCCOCCOc1ccc(C)cc1OCCOCCOCCOCCOCCC(CC)S(=O)(=O)O)S(=O)(=O)O. The average molecular weight is 777 g/mol. The van der Waals surface area contributed by atoms with Gasteiger partial charge in [0, 0.05) is 13.2 Å². The van der Waals surface area contributed by atoms with Gasteiger partial charge in [-0.05, 0) is 50.3 Å². The van der Waals surface area contributed by atoms with E-state index in [1.54, 1.807) is 13.8 Å². The minimum absolute atomic E-state index is 0.234. The van der Waals surface area contributed by atoms with Gasteiger partial charge in [-0.15, -0.1) is 0 Å². The van der Waals surface area contributed by atoms with Gasteiger partial charge >= 0.3 is 0 Å². The quantitative estimate of drug-likeness (QED) is 0.0744. The Morgan fingerprint density at radius 2 is 0.765 bits per heavy atom. The third kappa shape index (κ3) is 25.9. The van der Waals surface area contributed by atoms with Crippen LogP contribution in [0.2, 0.25) is 0 Å². The van der Waals surface area contributed by atoms with E-state index < -0.39 is 30.7 Å². The highest BCUT2D eigenvalue weighted by Crippen LogP contribution is 2.28. The van der Waals surface area contributed by atoms with Gasteiger partial charge in [-0.3, -0.25) is 9.11 Å². The molecule has 0 saturated heterocycles. The van der Waals surface area contributed by atoms with Crippen molar-refractivity contribution in [2.75, 3.05) is 119 Å². The van der Waals surface area contributed by atoms with Gasteiger partial charge in [0.1, 0.15) is 13.2 Å². The molecule has 0 amide bonds. The van der Waals surface area contributed by atoms with Crippen LogP contribution in [0, 0.1) is 6.92 Å². The molecule has 0 fully saturated rings. The summed E-state index contributed by atoms with van der Waals surface area (Å²) in [6.07, 6.45) is 1.15. The van der Waals surface area contributed by atoms with Crippen LogP contribution in [0.1, 0.15) is 45.1 Å². The number of hydrogen-bond donors (Lipinski definition) is 2. The summed E-state index contributed by atoms with van der Waals surface area (Å²) < 4.78 is 118. The Kier molecular flexibility index (Phi) is 27.6. The molecule has 0 spiro atoms. The van der Waals surface area contributed by atoms with Gasteiger partial charge < -0.3 is 47.4 Å². The number of ether oxygens (including phenoxy) is 10. The topological polar surface area (TPSA) is 201 Å². The second kappa shape index (κ2) is 29.7. The minimum Gasteiger partial charge on any atom is -0.487 e. The first kappa shape index (κ1) is 47.3. The molecule has 2 unspecified atom stereocenters. The summed E-state index contributed by atoms with van der Waals surface area (Å²) in [5.74, 6) is 1.23. The van der Waals surface area contributed by atoms with Gasteiger partial charge in [0.15, 0.2) is 11.5 Å². The summed E-state index contributed by atoms with van der Waals surface area (Å²) in [5.41, 5.74) is 1.04. The molecule has 18 heteroatoms. The zero-order valence-electron chi connectivity index (χ0n) is 30.4. The van der Waals surface area contributed by atoms with Crippen LogP contribution in [0.25, 0.3) is 0 Å².